The Morgan fingerprint density at radius 1 is 1.06 bits per heavy atom. The molecular formula is C26H25F2N5O2. The van der Waals surface area contributed by atoms with Gasteiger partial charge in [0.15, 0.2) is 5.52 Å². The van der Waals surface area contributed by atoms with E-state index in [1.54, 1.807) is 20.0 Å². The molecule has 1 saturated heterocycles. The molecule has 2 fully saturated rings. The molecule has 0 amide bonds. The van der Waals surface area contributed by atoms with Gasteiger partial charge < -0.3 is 4.74 Å². The standard InChI is InChI=1S/C26H25F2N5O2/c1-14-30-24-20(19-6-3-17(27)10-21(19)28)11-22(31-25(24)26(34)32(14)2)15-7-8-35-23(9-15)16-12-29-33(13-16)18-4-5-18/h3,6,10-13,15,18,23H,4-5,7-9H2,1-2H3/t15-,23-/m1/s1. The smallest absolute Gasteiger partial charge is 0.279 e. The van der Waals surface area contributed by atoms with Crippen LogP contribution in [0.5, 0.6) is 0 Å². The van der Waals surface area contributed by atoms with Gasteiger partial charge >= 0.3 is 0 Å². The topological polar surface area (TPSA) is 74.8 Å². The lowest BCUT2D eigenvalue weighted by molar-refractivity contribution is 0.00464. The molecule has 0 unspecified atom stereocenters. The highest BCUT2D eigenvalue weighted by Gasteiger charge is 2.30. The molecule has 4 aromatic rings. The van der Waals surface area contributed by atoms with Crippen molar-refractivity contribution in [3.05, 3.63) is 75.7 Å². The summed E-state index contributed by atoms with van der Waals surface area (Å²) in [6, 6.07) is 5.73. The van der Waals surface area contributed by atoms with Crippen molar-refractivity contribution in [1.29, 1.82) is 0 Å². The molecule has 3 aromatic heterocycles. The van der Waals surface area contributed by atoms with E-state index in [0.29, 0.717) is 41.7 Å². The number of hydrogen-bond acceptors (Lipinski definition) is 5. The number of hydrogen-bond donors (Lipinski definition) is 0. The lowest BCUT2D eigenvalue weighted by Gasteiger charge is -2.29. The Morgan fingerprint density at radius 2 is 1.89 bits per heavy atom. The predicted molar refractivity (Wildman–Crippen MR) is 126 cm³/mol. The average Bonchev–Trinajstić information content (AvgIpc) is 3.59. The minimum absolute atomic E-state index is 0.00399. The van der Waals surface area contributed by atoms with Gasteiger partial charge in [-0.15, -0.1) is 0 Å². The van der Waals surface area contributed by atoms with Gasteiger partial charge in [-0.05, 0) is 50.8 Å². The van der Waals surface area contributed by atoms with Crippen molar-refractivity contribution in [3.63, 3.8) is 0 Å². The molecule has 1 saturated carbocycles. The molecule has 9 heteroatoms. The van der Waals surface area contributed by atoms with E-state index in [0.717, 1.165) is 30.9 Å². The first-order chi connectivity index (χ1) is 16.9. The van der Waals surface area contributed by atoms with E-state index in [-0.39, 0.29) is 28.7 Å². The molecule has 2 atom stereocenters. The minimum Gasteiger partial charge on any atom is -0.373 e. The number of benzene rings is 1. The summed E-state index contributed by atoms with van der Waals surface area (Å²) in [5, 5.41) is 4.49. The van der Waals surface area contributed by atoms with E-state index in [2.05, 4.69) is 16.3 Å². The fourth-order valence-corrected chi connectivity index (χ4v) is 4.84. The predicted octanol–water partition coefficient (Wildman–Crippen LogP) is 4.75. The Bertz CT molecular complexity index is 1510. The molecule has 0 N–H and O–H groups in total. The molecule has 1 aromatic carbocycles. The third kappa shape index (κ3) is 3.93. The third-order valence-electron chi connectivity index (χ3n) is 7.12. The maximum atomic E-state index is 14.9. The number of pyridine rings is 1. The van der Waals surface area contributed by atoms with Crippen LogP contribution in [0.4, 0.5) is 8.78 Å². The van der Waals surface area contributed by atoms with Crippen molar-refractivity contribution >= 4 is 11.0 Å². The molecule has 0 radical (unpaired) electrons. The Labute approximate surface area is 200 Å². The van der Waals surface area contributed by atoms with E-state index < -0.39 is 11.6 Å². The molecule has 2 aliphatic rings. The quantitative estimate of drug-likeness (QED) is 0.424. The van der Waals surface area contributed by atoms with E-state index in [4.69, 9.17) is 9.72 Å². The maximum absolute atomic E-state index is 14.9. The number of ether oxygens (including phenoxy) is 1. The van der Waals surface area contributed by atoms with Crippen LogP contribution in [-0.4, -0.2) is 30.9 Å². The largest absolute Gasteiger partial charge is 0.373 e. The van der Waals surface area contributed by atoms with E-state index in [1.807, 2.05) is 10.9 Å². The van der Waals surface area contributed by atoms with Gasteiger partial charge in [0.05, 0.1) is 18.3 Å². The maximum Gasteiger partial charge on any atom is 0.279 e. The highest BCUT2D eigenvalue weighted by atomic mass is 19.1. The number of aromatic nitrogens is 5. The van der Waals surface area contributed by atoms with Gasteiger partial charge in [0.2, 0.25) is 0 Å². The fraction of sp³-hybridized carbons (Fsp3) is 0.385. The van der Waals surface area contributed by atoms with Crippen molar-refractivity contribution in [2.45, 2.75) is 50.7 Å². The lowest BCUT2D eigenvalue weighted by atomic mass is 9.88. The Kier molecular flexibility index (Phi) is 5.25. The summed E-state index contributed by atoms with van der Waals surface area (Å²) in [4.78, 5) is 22.4. The summed E-state index contributed by atoms with van der Waals surface area (Å²) in [6.45, 7) is 2.25. The van der Waals surface area contributed by atoms with Crippen LogP contribution >= 0.6 is 0 Å². The summed E-state index contributed by atoms with van der Waals surface area (Å²) in [5.41, 5.74) is 2.53. The molecule has 0 spiro atoms. The summed E-state index contributed by atoms with van der Waals surface area (Å²) < 4.78 is 38.0. The second-order valence-corrected chi connectivity index (χ2v) is 9.50. The van der Waals surface area contributed by atoms with E-state index in [9.17, 15) is 13.6 Å². The molecule has 180 valence electrons. The van der Waals surface area contributed by atoms with Crippen LogP contribution in [0.3, 0.4) is 0 Å². The molecule has 1 aliphatic carbocycles. The number of aryl methyl sites for hydroxylation is 1. The molecule has 4 heterocycles. The van der Waals surface area contributed by atoms with Gasteiger partial charge in [-0.3, -0.25) is 14.0 Å². The second kappa shape index (κ2) is 8.34. The van der Waals surface area contributed by atoms with Gasteiger partial charge in [-0.1, -0.05) is 0 Å². The lowest BCUT2D eigenvalue weighted by Crippen LogP contribution is -2.24. The summed E-state index contributed by atoms with van der Waals surface area (Å²) >= 11 is 0. The first-order valence-corrected chi connectivity index (χ1v) is 11.9. The first-order valence-electron chi connectivity index (χ1n) is 11.9. The minimum atomic E-state index is -0.707. The van der Waals surface area contributed by atoms with Gasteiger partial charge in [0.25, 0.3) is 5.56 Å². The molecule has 7 nitrogen and oxygen atoms in total. The van der Waals surface area contributed by atoms with Crippen LogP contribution in [-0.2, 0) is 11.8 Å². The van der Waals surface area contributed by atoms with Gasteiger partial charge in [0.1, 0.15) is 23.0 Å². The molecular weight excluding hydrogens is 452 g/mol. The van der Waals surface area contributed by atoms with Crippen LogP contribution in [0.1, 0.15) is 60.8 Å². The van der Waals surface area contributed by atoms with Gasteiger partial charge in [-0.25, -0.2) is 18.7 Å². The number of nitrogens with zero attached hydrogens (tertiary/aromatic N) is 5. The highest BCUT2D eigenvalue weighted by Crippen LogP contribution is 2.40. The number of fused-ring (bicyclic) bond motifs is 1. The van der Waals surface area contributed by atoms with Crippen LogP contribution < -0.4 is 5.56 Å². The third-order valence-corrected chi connectivity index (χ3v) is 7.12. The molecule has 0 bridgehead atoms. The van der Waals surface area contributed by atoms with E-state index >= 15 is 0 Å². The van der Waals surface area contributed by atoms with Crippen LogP contribution in [0.15, 0.2) is 41.5 Å². The molecule has 1 aliphatic heterocycles. The Balaban J connectivity index is 1.45. The average molecular weight is 478 g/mol. The molecule has 35 heavy (non-hydrogen) atoms. The zero-order valence-corrected chi connectivity index (χ0v) is 19.5. The normalized spacial score (nSPS) is 20.5. The Hall–Kier alpha value is -3.46. The monoisotopic (exact) mass is 477 g/mol. The zero-order chi connectivity index (χ0) is 24.3. The fourth-order valence-electron chi connectivity index (χ4n) is 4.84. The SMILES string of the molecule is Cc1nc2c(-c3ccc(F)cc3F)cc([C@@H]3CCO[C@@H](c4cnn(C5CC5)c4)C3)nc2c(=O)n1C. The van der Waals surface area contributed by atoms with Crippen molar-refractivity contribution in [3.8, 4) is 11.1 Å². The van der Waals surface area contributed by atoms with Gasteiger partial charge in [0, 0.05) is 54.2 Å². The highest BCUT2D eigenvalue weighted by molar-refractivity contribution is 5.91. The summed E-state index contributed by atoms with van der Waals surface area (Å²) in [5.74, 6) is -0.889. The number of rotatable bonds is 4. The molecule has 6 rings (SSSR count). The second-order valence-electron chi connectivity index (χ2n) is 9.50. The van der Waals surface area contributed by atoms with Crippen molar-refractivity contribution < 1.29 is 13.5 Å². The van der Waals surface area contributed by atoms with Crippen LogP contribution in [0, 0.1) is 18.6 Å². The van der Waals surface area contributed by atoms with Gasteiger partial charge in [-0.2, -0.15) is 5.10 Å². The van der Waals surface area contributed by atoms with Crippen LogP contribution in [0.2, 0.25) is 0 Å². The number of halogens is 2. The zero-order valence-electron chi connectivity index (χ0n) is 19.5. The van der Waals surface area contributed by atoms with Crippen molar-refractivity contribution in [2.24, 2.45) is 7.05 Å². The first kappa shape index (κ1) is 22.0. The van der Waals surface area contributed by atoms with E-state index in [1.165, 1.54) is 16.7 Å². The van der Waals surface area contributed by atoms with Crippen molar-refractivity contribution in [2.75, 3.05) is 6.61 Å². The van der Waals surface area contributed by atoms with Crippen LogP contribution in [0.25, 0.3) is 22.2 Å². The summed E-state index contributed by atoms with van der Waals surface area (Å²) in [7, 11) is 1.64. The van der Waals surface area contributed by atoms with Crippen molar-refractivity contribution in [1.82, 2.24) is 24.3 Å². The summed E-state index contributed by atoms with van der Waals surface area (Å²) in [6.07, 6.45) is 7.48. The Morgan fingerprint density at radius 3 is 2.66 bits per heavy atom.